The zero-order valence-corrected chi connectivity index (χ0v) is 17.8. The number of carbonyl (C=O) groups is 1. The molecule has 2 aromatic rings. The van der Waals surface area contributed by atoms with E-state index < -0.39 is 12.1 Å². The first kappa shape index (κ1) is 24.3. The normalized spacial score (nSPS) is 15.9. The Morgan fingerprint density at radius 3 is 2.57 bits per heavy atom. The summed E-state index contributed by atoms with van der Waals surface area (Å²) in [5.74, 6) is -2.12. The van der Waals surface area contributed by atoms with E-state index in [9.17, 15) is 13.2 Å². The monoisotopic (exact) mass is 493 g/mol. The Balaban J connectivity index is 0.000000396. The van der Waals surface area contributed by atoms with Gasteiger partial charge in [0.05, 0.1) is 17.9 Å². The van der Waals surface area contributed by atoms with Crippen LogP contribution in [0.4, 0.5) is 13.2 Å². The van der Waals surface area contributed by atoms with Crippen LogP contribution in [0.25, 0.3) is 11.5 Å². The summed E-state index contributed by atoms with van der Waals surface area (Å²) in [7, 11) is 1.76. The van der Waals surface area contributed by atoms with Crippen LogP contribution in [-0.2, 0) is 16.1 Å². The molecule has 0 amide bonds. The van der Waals surface area contributed by atoms with Crippen LogP contribution in [0.5, 0.6) is 0 Å². The second-order valence-corrected chi connectivity index (χ2v) is 7.60. The highest BCUT2D eigenvalue weighted by molar-refractivity contribution is 9.10. The van der Waals surface area contributed by atoms with Crippen LogP contribution >= 0.6 is 15.9 Å². The maximum atomic E-state index is 10.6. The van der Waals surface area contributed by atoms with Crippen molar-refractivity contribution < 1.29 is 32.2 Å². The van der Waals surface area contributed by atoms with Crippen molar-refractivity contribution in [1.82, 2.24) is 15.6 Å². The zero-order valence-electron chi connectivity index (χ0n) is 16.3. The van der Waals surface area contributed by atoms with Gasteiger partial charge in [-0.3, -0.25) is 0 Å². The molecule has 0 radical (unpaired) electrons. The molecule has 1 saturated heterocycles. The van der Waals surface area contributed by atoms with Crippen LogP contribution in [-0.4, -0.2) is 54.6 Å². The Hall–Kier alpha value is -1.95. The van der Waals surface area contributed by atoms with E-state index in [-0.39, 0.29) is 5.54 Å². The fourth-order valence-electron chi connectivity index (χ4n) is 2.98. The van der Waals surface area contributed by atoms with Crippen molar-refractivity contribution in [2.24, 2.45) is 0 Å². The third kappa shape index (κ3) is 7.08. The molecule has 11 heteroatoms. The number of carboxylic acid groups (broad SMARTS) is 1. The summed E-state index contributed by atoms with van der Waals surface area (Å²) in [6.07, 6.45) is -1.26. The van der Waals surface area contributed by atoms with E-state index in [1.165, 1.54) is 0 Å². The molecule has 0 bridgehead atoms. The van der Waals surface area contributed by atoms with Crippen molar-refractivity contribution >= 4 is 21.9 Å². The van der Waals surface area contributed by atoms with Crippen molar-refractivity contribution in [3.8, 4) is 11.5 Å². The van der Waals surface area contributed by atoms with Gasteiger partial charge in [0.15, 0.2) is 0 Å². The van der Waals surface area contributed by atoms with Gasteiger partial charge in [0.25, 0.3) is 0 Å². The molecule has 0 atom stereocenters. The molecule has 1 aliphatic heterocycles. The quantitative estimate of drug-likeness (QED) is 0.565. The predicted octanol–water partition coefficient (Wildman–Crippen LogP) is 3.60. The predicted molar refractivity (Wildman–Crippen MR) is 107 cm³/mol. The Kier molecular flexibility index (Phi) is 8.83. The summed E-state index contributed by atoms with van der Waals surface area (Å²) in [6.45, 7) is 3.41. The van der Waals surface area contributed by atoms with Crippen molar-refractivity contribution in [1.29, 1.82) is 0 Å². The van der Waals surface area contributed by atoms with Gasteiger partial charge in [-0.1, -0.05) is 12.1 Å². The lowest BCUT2D eigenvalue weighted by Crippen LogP contribution is -2.55. The van der Waals surface area contributed by atoms with Gasteiger partial charge in [0.2, 0.25) is 5.89 Å². The number of alkyl halides is 3. The van der Waals surface area contributed by atoms with Crippen molar-refractivity contribution in [2.75, 3.05) is 26.8 Å². The minimum absolute atomic E-state index is 0.0203. The number of aromatic nitrogens is 1. The molecule has 3 N–H and O–H groups in total. The molecule has 2 heterocycles. The first-order valence-electron chi connectivity index (χ1n) is 9.11. The number of nitrogens with one attached hydrogen (secondary N) is 2. The first-order chi connectivity index (χ1) is 14.2. The minimum Gasteiger partial charge on any atom is -0.475 e. The molecule has 1 aromatic carbocycles. The maximum Gasteiger partial charge on any atom is 0.490 e. The average molecular weight is 494 g/mol. The molecule has 166 valence electrons. The number of oxazole rings is 1. The molecular formula is C19H23BrF3N3O4. The summed E-state index contributed by atoms with van der Waals surface area (Å²) in [6, 6.07) is 7.93. The largest absolute Gasteiger partial charge is 0.490 e. The van der Waals surface area contributed by atoms with Crippen LogP contribution < -0.4 is 10.6 Å². The molecule has 0 unspecified atom stereocenters. The van der Waals surface area contributed by atoms with Gasteiger partial charge in [0, 0.05) is 23.7 Å². The molecule has 1 fully saturated rings. The molecule has 0 aliphatic carbocycles. The lowest BCUT2D eigenvalue weighted by molar-refractivity contribution is -0.192. The van der Waals surface area contributed by atoms with Gasteiger partial charge in [-0.2, -0.15) is 13.2 Å². The van der Waals surface area contributed by atoms with E-state index in [0.29, 0.717) is 19.0 Å². The van der Waals surface area contributed by atoms with Crippen LogP contribution in [0.15, 0.2) is 39.4 Å². The van der Waals surface area contributed by atoms with Crippen molar-refractivity contribution in [3.05, 3.63) is 40.7 Å². The van der Waals surface area contributed by atoms with Crippen molar-refractivity contribution in [2.45, 2.75) is 31.1 Å². The number of halogens is 4. The summed E-state index contributed by atoms with van der Waals surface area (Å²) < 4.78 is 43.8. The van der Waals surface area contributed by atoms with E-state index in [1.807, 2.05) is 24.3 Å². The van der Waals surface area contributed by atoms with Crippen LogP contribution in [0.2, 0.25) is 0 Å². The summed E-state index contributed by atoms with van der Waals surface area (Å²) in [4.78, 5) is 13.5. The molecule has 3 rings (SSSR count). The number of nitrogens with zero attached hydrogens (tertiary/aromatic N) is 1. The second-order valence-electron chi connectivity index (χ2n) is 6.74. The fourth-order valence-corrected chi connectivity index (χ4v) is 3.43. The lowest BCUT2D eigenvalue weighted by Gasteiger charge is -2.37. The summed E-state index contributed by atoms with van der Waals surface area (Å²) >= 11 is 3.53. The standard InChI is InChI=1S/C17H22BrN3O2.C2HF3O2/c1-22-12-17(6-8-19-9-7-17)20-10-13-11-23-16(21-13)14-4-2-3-5-15(14)18;3-2(4,5)1(6)7/h2-5,11,19-20H,6-10,12H2,1H3;(H,6,7). The van der Waals surface area contributed by atoms with Gasteiger partial charge in [-0.05, 0) is 54.0 Å². The SMILES string of the molecule is COCC1(NCc2coc(-c3ccccc3Br)n2)CCNCC1.O=C(O)C(F)(F)F. The van der Waals surface area contributed by atoms with E-state index in [0.717, 1.165) is 41.7 Å². The fraction of sp³-hybridized carbons (Fsp3) is 0.474. The first-order valence-corrected chi connectivity index (χ1v) is 9.90. The molecule has 7 nitrogen and oxygen atoms in total. The van der Waals surface area contributed by atoms with Crippen molar-refractivity contribution in [3.63, 3.8) is 0 Å². The molecule has 0 spiro atoms. The van der Waals surface area contributed by atoms with Crippen LogP contribution in [0.3, 0.4) is 0 Å². The van der Waals surface area contributed by atoms with Crippen LogP contribution in [0.1, 0.15) is 18.5 Å². The number of aliphatic carboxylic acids is 1. The third-order valence-electron chi connectivity index (χ3n) is 4.52. The number of carboxylic acids is 1. The number of piperidine rings is 1. The van der Waals surface area contributed by atoms with Gasteiger partial charge in [-0.15, -0.1) is 0 Å². The number of hydrogen-bond acceptors (Lipinski definition) is 6. The van der Waals surface area contributed by atoms with Gasteiger partial charge in [0.1, 0.15) is 6.26 Å². The molecule has 1 aromatic heterocycles. The molecular weight excluding hydrogens is 471 g/mol. The lowest BCUT2D eigenvalue weighted by atomic mass is 9.89. The number of ether oxygens (including phenoxy) is 1. The minimum atomic E-state index is -5.08. The Labute approximate surface area is 180 Å². The Morgan fingerprint density at radius 1 is 1.37 bits per heavy atom. The topological polar surface area (TPSA) is 96.6 Å². The van der Waals surface area contributed by atoms with Gasteiger partial charge in [-0.25, -0.2) is 9.78 Å². The highest BCUT2D eigenvalue weighted by atomic mass is 79.9. The maximum absolute atomic E-state index is 10.6. The Morgan fingerprint density at radius 2 is 2.00 bits per heavy atom. The highest BCUT2D eigenvalue weighted by Crippen LogP contribution is 2.27. The highest BCUT2D eigenvalue weighted by Gasteiger charge is 2.38. The van der Waals surface area contributed by atoms with E-state index in [2.05, 4.69) is 31.5 Å². The molecule has 0 saturated carbocycles. The van der Waals surface area contributed by atoms with Gasteiger partial charge >= 0.3 is 12.1 Å². The van der Waals surface area contributed by atoms with Crippen LogP contribution in [0, 0.1) is 0 Å². The number of benzene rings is 1. The van der Waals surface area contributed by atoms with E-state index in [1.54, 1.807) is 13.4 Å². The number of methoxy groups -OCH3 is 1. The number of hydrogen-bond donors (Lipinski definition) is 3. The van der Waals surface area contributed by atoms with Gasteiger partial charge < -0.3 is 24.9 Å². The molecule has 30 heavy (non-hydrogen) atoms. The van der Waals surface area contributed by atoms with E-state index in [4.69, 9.17) is 19.1 Å². The number of rotatable bonds is 6. The second kappa shape index (κ2) is 10.9. The third-order valence-corrected chi connectivity index (χ3v) is 5.22. The smallest absolute Gasteiger partial charge is 0.475 e. The Bertz CT molecular complexity index is 818. The molecule has 1 aliphatic rings. The van der Waals surface area contributed by atoms with E-state index >= 15 is 0 Å². The summed E-state index contributed by atoms with van der Waals surface area (Å²) in [5.41, 5.74) is 1.89. The average Bonchev–Trinajstić information content (AvgIpc) is 3.16. The zero-order chi connectivity index (χ0) is 22.2. The summed E-state index contributed by atoms with van der Waals surface area (Å²) in [5, 5.41) is 14.2.